The summed E-state index contributed by atoms with van der Waals surface area (Å²) in [6.07, 6.45) is -5.23. The predicted octanol–water partition coefficient (Wildman–Crippen LogP) is 5.45. The Labute approximate surface area is 109 Å². The van der Waals surface area contributed by atoms with E-state index < -0.39 is 40.4 Å². The molecule has 116 valence electrons. The standard InChI is InChI=1S/C9H18F6NOPSi/c1-5-6-18(9(13,14)15,16-19(2,3)4)17-7-8(10,11)12/h5-7H2,1-4H3. The largest absolute Gasteiger partial charge is 0.443 e. The fourth-order valence-corrected chi connectivity index (χ4v) is 7.82. The molecular weight excluding hydrogens is 311 g/mol. The summed E-state index contributed by atoms with van der Waals surface area (Å²) in [6, 6.07) is 0. The Hall–Kier alpha value is -0.0131. The van der Waals surface area contributed by atoms with Crippen molar-refractivity contribution in [3.8, 4) is 0 Å². The molecule has 19 heavy (non-hydrogen) atoms. The zero-order chi connectivity index (χ0) is 15.5. The summed E-state index contributed by atoms with van der Waals surface area (Å²) in [5, 5.41) is 0. The van der Waals surface area contributed by atoms with Gasteiger partial charge in [-0.25, -0.2) is 0 Å². The van der Waals surface area contributed by atoms with Gasteiger partial charge in [0, 0.05) is 6.16 Å². The number of nitrogens with zero attached hydrogens (tertiary/aromatic N) is 1. The highest BCUT2D eigenvalue weighted by atomic mass is 31.2. The van der Waals surface area contributed by atoms with Crippen LogP contribution in [0.4, 0.5) is 26.3 Å². The summed E-state index contributed by atoms with van der Waals surface area (Å²) >= 11 is 0. The van der Waals surface area contributed by atoms with Crippen LogP contribution in [0.1, 0.15) is 13.3 Å². The summed E-state index contributed by atoms with van der Waals surface area (Å²) in [4.78, 5) is 0. The molecule has 0 aromatic rings. The Balaban J connectivity index is 5.61. The maximum Gasteiger partial charge on any atom is 0.443 e. The van der Waals surface area contributed by atoms with E-state index in [1.807, 2.05) is 0 Å². The Morgan fingerprint density at radius 2 is 1.53 bits per heavy atom. The van der Waals surface area contributed by atoms with Crippen molar-refractivity contribution in [2.45, 2.75) is 45.1 Å². The Morgan fingerprint density at radius 1 is 1.05 bits per heavy atom. The minimum absolute atomic E-state index is 0.0686. The zero-order valence-corrected chi connectivity index (χ0v) is 13.1. The maximum atomic E-state index is 13.2. The van der Waals surface area contributed by atoms with E-state index in [1.54, 1.807) is 19.6 Å². The Kier molecular flexibility index (Phi) is 6.17. The first kappa shape index (κ1) is 19.0. The van der Waals surface area contributed by atoms with Crippen LogP contribution in [0.25, 0.3) is 0 Å². The quantitative estimate of drug-likeness (QED) is 0.373. The van der Waals surface area contributed by atoms with Gasteiger partial charge in [0.05, 0.1) is 0 Å². The molecule has 0 bridgehead atoms. The third-order valence-electron chi connectivity index (χ3n) is 1.83. The molecule has 10 heteroatoms. The number of hydrogen-bond acceptors (Lipinski definition) is 2. The molecule has 0 aliphatic heterocycles. The molecule has 0 fully saturated rings. The first-order chi connectivity index (χ1) is 8.22. The van der Waals surface area contributed by atoms with Crippen LogP contribution in [0.5, 0.6) is 0 Å². The van der Waals surface area contributed by atoms with E-state index in [0.717, 1.165) is 0 Å². The van der Waals surface area contributed by atoms with Gasteiger partial charge in [0.25, 0.3) is 0 Å². The first-order valence-corrected chi connectivity index (χ1v) is 10.9. The van der Waals surface area contributed by atoms with Crippen LogP contribution in [-0.2, 0) is 4.52 Å². The molecule has 1 unspecified atom stereocenters. The second-order valence-corrected chi connectivity index (χ2v) is 12.8. The van der Waals surface area contributed by atoms with Crippen LogP contribution in [0, 0.1) is 0 Å². The van der Waals surface area contributed by atoms with Gasteiger partial charge in [-0.2, -0.15) is 26.3 Å². The van der Waals surface area contributed by atoms with Gasteiger partial charge in [-0.15, -0.1) is 0 Å². The molecule has 0 aliphatic carbocycles. The van der Waals surface area contributed by atoms with Crippen LogP contribution in [0.2, 0.25) is 19.6 Å². The highest BCUT2D eigenvalue weighted by Gasteiger charge is 2.51. The van der Waals surface area contributed by atoms with Crippen LogP contribution in [0.15, 0.2) is 4.41 Å². The molecule has 2 nitrogen and oxygen atoms in total. The average Bonchev–Trinajstić information content (AvgIpc) is 2.09. The molecule has 0 N–H and O–H groups in total. The Morgan fingerprint density at radius 3 is 1.79 bits per heavy atom. The average molecular weight is 329 g/mol. The molecule has 0 aromatic carbocycles. The van der Waals surface area contributed by atoms with Gasteiger partial charge >= 0.3 is 12.1 Å². The highest BCUT2D eigenvalue weighted by Crippen LogP contribution is 2.66. The lowest BCUT2D eigenvalue weighted by Crippen LogP contribution is -2.25. The van der Waals surface area contributed by atoms with Crippen molar-refractivity contribution in [2.75, 3.05) is 12.8 Å². The first-order valence-electron chi connectivity index (χ1n) is 5.63. The SMILES string of the molecule is CCCP(=N[Si](C)(C)C)(OCC(F)(F)F)C(F)(F)F. The van der Waals surface area contributed by atoms with Crippen molar-refractivity contribution >= 4 is 15.5 Å². The van der Waals surface area contributed by atoms with E-state index >= 15 is 0 Å². The van der Waals surface area contributed by atoms with Crippen LogP contribution in [0.3, 0.4) is 0 Å². The minimum Gasteiger partial charge on any atom is -0.328 e. The van der Waals surface area contributed by atoms with Crippen molar-refractivity contribution < 1.29 is 30.9 Å². The summed E-state index contributed by atoms with van der Waals surface area (Å²) in [6.45, 7) is 4.19. The number of halogens is 6. The fourth-order valence-electron chi connectivity index (χ4n) is 1.37. The van der Waals surface area contributed by atoms with Gasteiger partial charge < -0.3 is 8.93 Å². The van der Waals surface area contributed by atoms with Gasteiger partial charge in [0.2, 0.25) is 0 Å². The molecule has 1 atom stereocenters. The Bertz CT molecular complexity index is 346. The molecule has 0 heterocycles. The zero-order valence-electron chi connectivity index (χ0n) is 11.2. The number of rotatable bonds is 5. The third kappa shape index (κ3) is 6.81. The van der Waals surface area contributed by atoms with Crippen LogP contribution >= 0.6 is 7.28 Å². The summed E-state index contributed by atoms with van der Waals surface area (Å²) in [7, 11) is -7.01. The molecule has 0 saturated carbocycles. The van der Waals surface area contributed by atoms with Crippen molar-refractivity contribution in [2.24, 2.45) is 4.41 Å². The van der Waals surface area contributed by atoms with E-state index in [4.69, 9.17) is 0 Å². The lowest BCUT2D eigenvalue weighted by atomic mass is 10.6. The molecular formula is C9H18F6NOPSi. The molecule has 0 aromatic heterocycles. The number of alkyl halides is 6. The van der Waals surface area contributed by atoms with Gasteiger partial charge in [0.1, 0.15) is 6.61 Å². The summed E-state index contributed by atoms with van der Waals surface area (Å²) in [5.41, 5.74) is 0. The predicted molar refractivity (Wildman–Crippen MR) is 65.9 cm³/mol. The van der Waals surface area contributed by atoms with Crippen molar-refractivity contribution in [3.05, 3.63) is 0 Å². The smallest absolute Gasteiger partial charge is 0.328 e. The normalized spacial score (nSPS) is 17.2. The molecule has 0 rings (SSSR count). The summed E-state index contributed by atoms with van der Waals surface area (Å²) < 4.78 is 83.9. The monoisotopic (exact) mass is 329 g/mol. The lowest BCUT2D eigenvalue weighted by molar-refractivity contribution is -0.156. The number of hydrogen-bond donors (Lipinski definition) is 0. The van der Waals surface area contributed by atoms with Crippen LogP contribution in [-0.4, -0.2) is 33.1 Å². The molecule has 0 saturated heterocycles. The van der Waals surface area contributed by atoms with E-state index in [9.17, 15) is 26.3 Å². The van der Waals surface area contributed by atoms with E-state index in [0.29, 0.717) is 0 Å². The highest BCUT2D eigenvalue weighted by molar-refractivity contribution is 7.63. The second-order valence-electron chi connectivity index (χ2n) is 5.05. The van der Waals surface area contributed by atoms with Crippen molar-refractivity contribution in [3.63, 3.8) is 0 Å². The fraction of sp³-hybridized carbons (Fsp3) is 1.00. The lowest BCUT2D eigenvalue weighted by Gasteiger charge is -2.30. The van der Waals surface area contributed by atoms with Crippen molar-refractivity contribution in [1.29, 1.82) is 0 Å². The minimum atomic E-state index is -4.85. The summed E-state index contributed by atoms with van der Waals surface area (Å²) in [5.74, 6) is -4.85. The van der Waals surface area contributed by atoms with Crippen LogP contribution < -0.4 is 0 Å². The topological polar surface area (TPSA) is 21.6 Å². The maximum absolute atomic E-state index is 13.2. The molecule has 0 aliphatic rings. The van der Waals surface area contributed by atoms with E-state index in [2.05, 4.69) is 8.93 Å². The third-order valence-corrected chi connectivity index (χ3v) is 7.92. The van der Waals surface area contributed by atoms with Gasteiger partial charge in [-0.05, 0) is 26.1 Å². The van der Waals surface area contributed by atoms with Gasteiger partial charge in [-0.1, -0.05) is 6.92 Å². The molecule has 0 amide bonds. The van der Waals surface area contributed by atoms with Crippen molar-refractivity contribution in [1.82, 2.24) is 0 Å². The second kappa shape index (κ2) is 6.18. The molecule has 0 spiro atoms. The van der Waals surface area contributed by atoms with Gasteiger partial charge in [-0.3, -0.25) is 0 Å². The van der Waals surface area contributed by atoms with Gasteiger partial charge in [0.15, 0.2) is 15.5 Å². The molecule has 0 radical (unpaired) electrons. The van der Waals surface area contributed by atoms with E-state index in [1.165, 1.54) is 6.92 Å². The van der Waals surface area contributed by atoms with E-state index in [-0.39, 0.29) is 6.42 Å².